The van der Waals surface area contributed by atoms with E-state index in [0.29, 0.717) is 12.8 Å². The lowest BCUT2D eigenvalue weighted by Crippen LogP contribution is -2.44. The molecule has 4 aromatic carbocycles. The molecule has 0 fully saturated rings. The van der Waals surface area contributed by atoms with Gasteiger partial charge in [-0.1, -0.05) is 91.0 Å². The highest BCUT2D eigenvalue weighted by atomic mass is 16.5. The van der Waals surface area contributed by atoms with Crippen LogP contribution in [0.4, 0.5) is 5.69 Å². The number of carbonyl (C=O) groups excluding carboxylic acids is 1. The van der Waals surface area contributed by atoms with Crippen LogP contribution in [0.2, 0.25) is 0 Å². The van der Waals surface area contributed by atoms with Gasteiger partial charge in [0.05, 0.1) is 12.5 Å². The summed E-state index contributed by atoms with van der Waals surface area (Å²) in [6.45, 7) is 1.98. The molecule has 3 heteroatoms. The van der Waals surface area contributed by atoms with Gasteiger partial charge < -0.3 is 10.1 Å². The number of hydrogen-bond acceptors (Lipinski definition) is 2. The van der Waals surface area contributed by atoms with Crippen molar-refractivity contribution in [1.29, 1.82) is 0 Å². The van der Waals surface area contributed by atoms with Crippen molar-refractivity contribution < 1.29 is 9.53 Å². The number of methoxy groups -OCH3 is 1. The van der Waals surface area contributed by atoms with E-state index >= 15 is 0 Å². The van der Waals surface area contributed by atoms with Gasteiger partial charge in [-0.25, -0.2) is 0 Å². The van der Waals surface area contributed by atoms with E-state index in [9.17, 15) is 4.79 Å². The van der Waals surface area contributed by atoms with Crippen LogP contribution < -0.4 is 10.1 Å². The average molecular weight is 436 g/mol. The van der Waals surface area contributed by atoms with Crippen LogP contribution in [0.3, 0.4) is 0 Å². The van der Waals surface area contributed by atoms with E-state index in [1.54, 1.807) is 7.11 Å². The van der Waals surface area contributed by atoms with Gasteiger partial charge in [-0.2, -0.15) is 0 Å². The van der Waals surface area contributed by atoms with E-state index in [-0.39, 0.29) is 5.91 Å². The van der Waals surface area contributed by atoms with E-state index in [4.69, 9.17) is 4.74 Å². The summed E-state index contributed by atoms with van der Waals surface area (Å²) in [4.78, 5) is 14.2. The number of aryl methyl sites for hydroxylation is 1. The van der Waals surface area contributed by atoms with Crippen LogP contribution in [0, 0.1) is 6.92 Å². The van der Waals surface area contributed by atoms with Crippen molar-refractivity contribution in [2.45, 2.75) is 25.2 Å². The first kappa shape index (κ1) is 22.3. The van der Waals surface area contributed by atoms with Gasteiger partial charge in [0.2, 0.25) is 5.91 Å². The minimum Gasteiger partial charge on any atom is -0.497 e. The van der Waals surface area contributed by atoms with Crippen molar-refractivity contribution in [3.05, 3.63) is 131 Å². The summed E-state index contributed by atoms with van der Waals surface area (Å²) in [6.07, 6.45) is 1.18. The molecule has 0 aliphatic heterocycles. The quantitative estimate of drug-likeness (QED) is 0.349. The van der Waals surface area contributed by atoms with Gasteiger partial charge in [0.15, 0.2) is 0 Å². The third-order valence-corrected chi connectivity index (χ3v) is 6.14. The Morgan fingerprint density at radius 2 is 1.27 bits per heavy atom. The van der Waals surface area contributed by atoms with Gasteiger partial charge >= 0.3 is 0 Å². The number of nitrogens with one attached hydrogen (secondary N) is 1. The lowest BCUT2D eigenvalue weighted by molar-refractivity contribution is -0.121. The van der Waals surface area contributed by atoms with Crippen molar-refractivity contribution in [2.24, 2.45) is 0 Å². The van der Waals surface area contributed by atoms with Crippen LogP contribution in [0.15, 0.2) is 109 Å². The van der Waals surface area contributed by atoms with Crippen molar-refractivity contribution in [2.75, 3.05) is 12.4 Å². The zero-order valence-electron chi connectivity index (χ0n) is 19.1. The van der Waals surface area contributed by atoms with Crippen molar-refractivity contribution in [1.82, 2.24) is 0 Å². The summed E-state index contributed by atoms with van der Waals surface area (Å²) in [5, 5.41) is 3.25. The molecule has 0 spiro atoms. The van der Waals surface area contributed by atoms with Gasteiger partial charge in [-0.05, 0) is 60.2 Å². The summed E-state index contributed by atoms with van der Waals surface area (Å²) < 4.78 is 5.34. The number of anilines is 1. The topological polar surface area (TPSA) is 38.3 Å². The maximum absolute atomic E-state index is 14.2. The second kappa shape index (κ2) is 10.2. The molecule has 0 bridgehead atoms. The number of carbonyl (C=O) groups is 1. The Morgan fingerprint density at radius 3 is 1.76 bits per heavy atom. The molecular formula is C30H29NO2. The number of rotatable bonds is 8. The number of amides is 1. The Labute approximate surface area is 196 Å². The summed E-state index contributed by atoms with van der Waals surface area (Å²) in [6, 6.07) is 36.3. The Balaban J connectivity index is 1.81. The van der Waals surface area contributed by atoms with Crippen LogP contribution in [0.5, 0.6) is 5.75 Å². The fourth-order valence-electron chi connectivity index (χ4n) is 4.35. The highest BCUT2D eigenvalue weighted by Crippen LogP contribution is 2.35. The Kier molecular flexibility index (Phi) is 6.89. The highest BCUT2D eigenvalue weighted by Gasteiger charge is 2.40. The van der Waals surface area contributed by atoms with Crippen molar-refractivity contribution >= 4 is 11.6 Å². The second-order valence-electron chi connectivity index (χ2n) is 8.41. The monoisotopic (exact) mass is 435 g/mol. The first-order chi connectivity index (χ1) is 16.1. The highest BCUT2D eigenvalue weighted by molar-refractivity contribution is 6.00. The third-order valence-electron chi connectivity index (χ3n) is 6.14. The predicted molar refractivity (Wildman–Crippen MR) is 135 cm³/mol. The summed E-state index contributed by atoms with van der Waals surface area (Å²) in [7, 11) is 1.65. The zero-order chi connectivity index (χ0) is 23.1. The lowest BCUT2D eigenvalue weighted by atomic mass is 9.70. The van der Waals surface area contributed by atoms with E-state index in [1.807, 2.05) is 79.7 Å². The fraction of sp³-hybridized carbons (Fsp3) is 0.167. The molecule has 1 amide bonds. The summed E-state index contributed by atoms with van der Waals surface area (Å²) in [5.41, 5.74) is 4.22. The second-order valence-corrected chi connectivity index (χ2v) is 8.41. The van der Waals surface area contributed by atoms with Crippen LogP contribution in [-0.4, -0.2) is 13.0 Å². The molecule has 0 saturated heterocycles. The molecule has 4 aromatic rings. The van der Waals surface area contributed by atoms with E-state index in [0.717, 1.165) is 33.7 Å². The molecular weight excluding hydrogens is 406 g/mol. The van der Waals surface area contributed by atoms with Gasteiger partial charge in [-0.3, -0.25) is 4.79 Å². The maximum Gasteiger partial charge on any atom is 0.235 e. The van der Waals surface area contributed by atoms with Gasteiger partial charge in [-0.15, -0.1) is 0 Å². The summed E-state index contributed by atoms with van der Waals surface area (Å²) >= 11 is 0. The van der Waals surface area contributed by atoms with E-state index in [2.05, 4.69) is 41.7 Å². The first-order valence-electron chi connectivity index (χ1n) is 11.2. The Hall–Kier alpha value is -3.85. The Morgan fingerprint density at radius 1 is 0.758 bits per heavy atom. The maximum atomic E-state index is 14.2. The normalized spacial score (nSPS) is 11.1. The smallest absolute Gasteiger partial charge is 0.235 e. The molecule has 0 atom stereocenters. The molecule has 4 rings (SSSR count). The third kappa shape index (κ3) is 5.15. The van der Waals surface area contributed by atoms with Crippen LogP contribution in [-0.2, 0) is 23.1 Å². The van der Waals surface area contributed by atoms with Crippen LogP contribution in [0.25, 0.3) is 0 Å². The molecule has 0 aromatic heterocycles. The van der Waals surface area contributed by atoms with Crippen molar-refractivity contribution in [3.8, 4) is 5.75 Å². The SMILES string of the molecule is COc1ccc(NC(=O)C(Cc2ccccc2)(Cc2ccccc2)c2ccccc2)c(C)c1. The minimum atomic E-state index is -0.781. The van der Waals surface area contributed by atoms with Gasteiger partial charge in [0.25, 0.3) is 0 Å². The lowest BCUT2D eigenvalue weighted by Gasteiger charge is -2.34. The zero-order valence-corrected chi connectivity index (χ0v) is 19.1. The molecule has 0 aliphatic carbocycles. The molecule has 3 nitrogen and oxygen atoms in total. The van der Waals surface area contributed by atoms with Gasteiger partial charge in [0, 0.05) is 5.69 Å². The first-order valence-corrected chi connectivity index (χ1v) is 11.2. The predicted octanol–water partition coefficient (Wildman–Crippen LogP) is 6.37. The van der Waals surface area contributed by atoms with Crippen LogP contribution in [0.1, 0.15) is 22.3 Å². The average Bonchev–Trinajstić information content (AvgIpc) is 2.86. The standard InChI is InChI=1S/C30H29NO2/c1-23-20-27(33-2)18-19-28(23)31-29(32)30(26-16-10-5-11-17-26,21-24-12-6-3-7-13-24)22-25-14-8-4-9-15-25/h3-20H,21-22H2,1-2H3,(H,31,32). The molecule has 0 saturated carbocycles. The van der Waals surface area contributed by atoms with Crippen LogP contribution >= 0.6 is 0 Å². The molecule has 33 heavy (non-hydrogen) atoms. The molecule has 1 N–H and O–H groups in total. The van der Waals surface area contributed by atoms with Gasteiger partial charge in [0.1, 0.15) is 5.75 Å². The fourth-order valence-corrected chi connectivity index (χ4v) is 4.35. The Bertz CT molecular complexity index is 1150. The molecule has 0 aliphatic rings. The number of hydrogen-bond donors (Lipinski definition) is 1. The van der Waals surface area contributed by atoms with E-state index < -0.39 is 5.41 Å². The molecule has 0 unspecified atom stereocenters. The molecule has 0 radical (unpaired) electrons. The minimum absolute atomic E-state index is 0.0188. The largest absolute Gasteiger partial charge is 0.497 e. The summed E-state index contributed by atoms with van der Waals surface area (Å²) in [5.74, 6) is 0.753. The van der Waals surface area contributed by atoms with Crippen molar-refractivity contribution in [3.63, 3.8) is 0 Å². The van der Waals surface area contributed by atoms with E-state index in [1.165, 1.54) is 0 Å². The number of ether oxygens (including phenoxy) is 1. The number of benzene rings is 4. The molecule has 0 heterocycles. The molecule has 166 valence electrons.